The molecule has 2 heteroatoms. The van der Waals surface area contributed by atoms with Gasteiger partial charge in [0.05, 0.1) is 0 Å². The van der Waals surface area contributed by atoms with Crippen LogP contribution in [0.2, 0.25) is 0 Å². The van der Waals surface area contributed by atoms with E-state index in [4.69, 9.17) is 0 Å². The van der Waals surface area contributed by atoms with E-state index in [9.17, 15) is 4.39 Å². The molecule has 0 aromatic heterocycles. The maximum Gasteiger partial charge on any atom is 0.123 e. The van der Waals surface area contributed by atoms with E-state index in [1.165, 1.54) is 31.2 Å². The summed E-state index contributed by atoms with van der Waals surface area (Å²) < 4.78 is 12.8. The van der Waals surface area contributed by atoms with E-state index in [0.717, 1.165) is 12.5 Å². The lowest BCUT2D eigenvalue weighted by molar-refractivity contribution is 0.290. The summed E-state index contributed by atoms with van der Waals surface area (Å²) in [6.07, 6.45) is 5.06. The molecule has 1 saturated heterocycles. The summed E-state index contributed by atoms with van der Waals surface area (Å²) in [5, 5.41) is 3.52. The van der Waals surface area contributed by atoms with E-state index in [1.54, 1.807) is 12.1 Å². The van der Waals surface area contributed by atoms with Crippen LogP contribution >= 0.6 is 0 Å². The normalized spacial score (nSPS) is 25.6. The van der Waals surface area contributed by atoms with Crippen LogP contribution in [-0.4, -0.2) is 6.54 Å². The molecule has 1 nitrogen and oxygen atoms in total. The Balaban J connectivity index is 2.01. The van der Waals surface area contributed by atoms with Crippen molar-refractivity contribution in [3.63, 3.8) is 0 Å². The molecule has 16 heavy (non-hydrogen) atoms. The molecule has 2 rings (SSSR count). The highest BCUT2D eigenvalue weighted by atomic mass is 19.1. The van der Waals surface area contributed by atoms with E-state index >= 15 is 0 Å². The average Bonchev–Trinajstić information content (AvgIpc) is 2.31. The average molecular weight is 221 g/mol. The zero-order valence-electron chi connectivity index (χ0n) is 9.88. The summed E-state index contributed by atoms with van der Waals surface area (Å²) >= 11 is 0. The Hall–Kier alpha value is -0.890. The lowest BCUT2D eigenvalue weighted by atomic mass is 9.86. The highest BCUT2D eigenvalue weighted by molar-refractivity contribution is 5.20. The van der Waals surface area contributed by atoms with Crippen LogP contribution in [-0.2, 0) is 0 Å². The Morgan fingerprint density at radius 1 is 1.31 bits per heavy atom. The predicted octanol–water partition coefficient (Wildman–Crippen LogP) is 3.67. The molecule has 1 aliphatic rings. The lowest BCUT2D eigenvalue weighted by Gasteiger charge is -2.30. The molecule has 1 N–H and O–H groups in total. The lowest BCUT2D eigenvalue weighted by Crippen LogP contribution is -2.31. The Morgan fingerprint density at radius 2 is 2.06 bits per heavy atom. The van der Waals surface area contributed by atoms with Gasteiger partial charge in [-0.2, -0.15) is 0 Å². The van der Waals surface area contributed by atoms with Gasteiger partial charge in [0, 0.05) is 6.04 Å². The summed E-state index contributed by atoms with van der Waals surface area (Å²) in [6, 6.07) is 7.34. The standard InChI is InChI=1S/C14H20FN/c1-2-3-11-8-9-16-14(10-11)12-4-6-13(15)7-5-12/h4-7,11,14,16H,2-3,8-10H2,1H3/t11?,14-/m0/s1. The van der Waals surface area contributed by atoms with Crippen molar-refractivity contribution >= 4 is 0 Å². The van der Waals surface area contributed by atoms with Gasteiger partial charge in [-0.3, -0.25) is 0 Å². The smallest absolute Gasteiger partial charge is 0.123 e. The van der Waals surface area contributed by atoms with Crippen molar-refractivity contribution in [1.82, 2.24) is 5.32 Å². The molecular weight excluding hydrogens is 201 g/mol. The van der Waals surface area contributed by atoms with E-state index in [0.29, 0.717) is 6.04 Å². The van der Waals surface area contributed by atoms with Crippen molar-refractivity contribution in [1.29, 1.82) is 0 Å². The first-order valence-electron chi connectivity index (χ1n) is 6.28. The van der Waals surface area contributed by atoms with Gasteiger partial charge in [0.1, 0.15) is 5.82 Å². The number of hydrogen-bond acceptors (Lipinski definition) is 1. The Labute approximate surface area is 97.1 Å². The third-order valence-electron chi connectivity index (χ3n) is 3.48. The maximum atomic E-state index is 12.8. The summed E-state index contributed by atoms with van der Waals surface area (Å²) in [5.74, 6) is 0.686. The zero-order chi connectivity index (χ0) is 11.4. The first kappa shape index (κ1) is 11.6. The van der Waals surface area contributed by atoms with Crippen molar-refractivity contribution in [2.45, 2.75) is 38.6 Å². The van der Waals surface area contributed by atoms with Crippen molar-refractivity contribution in [3.05, 3.63) is 35.6 Å². The van der Waals surface area contributed by atoms with E-state index < -0.39 is 0 Å². The molecule has 0 radical (unpaired) electrons. The van der Waals surface area contributed by atoms with Gasteiger partial charge in [0.15, 0.2) is 0 Å². The fourth-order valence-electron chi connectivity index (χ4n) is 2.62. The first-order valence-corrected chi connectivity index (χ1v) is 6.28. The van der Waals surface area contributed by atoms with Crippen molar-refractivity contribution in [3.8, 4) is 0 Å². The largest absolute Gasteiger partial charge is 0.310 e. The number of piperidine rings is 1. The quantitative estimate of drug-likeness (QED) is 0.821. The molecule has 88 valence electrons. The number of benzene rings is 1. The summed E-state index contributed by atoms with van der Waals surface area (Å²) in [5.41, 5.74) is 1.22. The van der Waals surface area contributed by atoms with Crippen LogP contribution in [0.5, 0.6) is 0 Å². The van der Waals surface area contributed by atoms with Crippen LogP contribution in [0.15, 0.2) is 24.3 Å². The molecule has 0 amide bonds. The van der Waals surface area contributed by atoms with Gasteiger partial charge in [-0.05, 0) is 43.0 Å². The van der Waals surface area contributed by atoms with E-state index in [1.807, 2.05) is 12.1 Å². The molecule has 1 aliphatic heterocycles. The van der Waals surface area contributed by atoms with Crippen LogP contribution in [0.3, 0.4) is 0 Å². The Morgan fingerprint density at radius 3 is 2.75 bits per heavy atom. The second-order valence-electron chi connectivity index (χ2n) is 4.74. The molecule has 0 aliphatic carbocycles. The van der Waals surface area contributed by atoms with Crippen LogP contribution in [0.1, 0.15) is 44.2 Å². The second kappa shape index (κ2) is 5.44. The monoisotopic (exact) mass is 221 g/mol. The fourth-order valence-corrected chi connectivity index (χ4v) is 2.62. The molecule has 1 aromatic rings. The SMILES string of the molecule is CCCC1CCN[C@H](c2ccc(F)cc2)C1. The highest BCUT2D eigenvalue weighted by Gasteiger charge is 2.21. The van der Waals surface area contributed by atoms with Gasteiger partial charge in [-0.1, -0.05) is 31.9 Å². The Bertz CT molecular complexity index is 318. The minimum atomic E-state index is -0.148. The topological polar surface area (TPSA) is 12.0 Å². The van der Waals surface area contributed by atoms with Crippen molar-refractivity contribution < 1.29 is 4.39 Å². The number of rotatable bonds is 3. The molecule has 1 heterocycles. The summed E-state index contributed by atoms with van der Waals surface area (Å²) in [6.45, 7) is 3.33. The predicted molar refractivity (Wildman–Crippen MR) is 64.8 cm³/mol. The molecule has 0 spiro atoms. The minimum absolute atomic E-state index is 0.148. The van der Waals surface area contributed by atoms with Crippen LogP contribution in [0.4, 0.5) is 4.39 Å². The molecule has 1 fully saturated rings. The third kappa shape index (κ3) is 2.82. The van der Waals surface area contributed by atoms with Gasteiger partial charge in [-0.15, -0.1) is 0 Å². The fraction of sp³-hybridized carbons (Fsp3) is 0.571. The molecular formula is C14H20FN. The summed E-state index contributed by atoms with van der Waals surface area (Å²) in [4.78, 5) is 0. The second-order valence-corrected chi connectivity index (χ2v) is 4.74. The van der Waals surface area contributed by atoms with E-state index in [-0.39, 0.29) is 5.82 Å². The van der Waals surface area contributed by atoms with Crippen LogP contribution < -0.4 is 5.32 Å². The number of halogens is 1. The van der Waals surface area contributed by atoms with Crippen LogP contribution in [0, 0.1) is 11.7 Å². The molecule has 1 unspecified atom stereocenters. The summed E-state index contributed by atoms with van der Waals surface area (Å²) in [7, 11) is 0. The number of nitrogens with one attached hydrogen (secondary N) is 1. The third-order valence-corrected chi connectivity index (χ3v) is 3.48. The first-order chi connectivity index (χ1) is 7.79. The van der Waals surface area contributed by atoms with Gasteiger partial charge in [0.25, 0.3) is 0 Å². The number of hydrogen-bond donors (Lipinski definition) is 1. The molecule has 2 atom stereocenters. The maximum absolute atomic E-state index is 12.8. The van der Waals surface area contributed by atoms with Crippen molar-refractivity contribution in [2.24, 2.45) is 5.92 Å². The van der Waals surface area contributed by atoms with Crippen LogP contribution in [0.25, 0.3) is 0 Å². The zero-order valence-corrected chi connectivity index (χ0v) is 9.88. The molecule has 0 saturated carbocycles. The van der Waals surface area contributed by atoms with Gasteiger partial charge in [0.2, 0.25) is 0 Å². The van der Waals surface area contributed by atoms with Gasteiger partial charge in [-0.25, -0.2) is 4.39 Å². The minimum Gasteiger partial charge on any atom is -0.310 e. The highest BCUT2D eigenvalue weighted by Crippen LogP contribution is 2.29. The van der Waals surface area contributed by atoms with Crippen molar-refractivity contribution in [2.75, 3.05) is 6.54 Å². The molecule has 0 bridgehead atoms. The Kier molecular flexibility index (Phi) is 3.94. The molecule has 1 aromatic carbocycles. The van der Waals surface area contributed by atoms with E-state index in [2.05, 4.69) is 12.2 Å². The van der Waals surface area contributed by atoms with Gasteiger partial charge >= 0.3 is 0 Å². The van der Waals surface area contributed by atoms with Gasteiger partial charge < -0.3 is 5.32 Å².